The molecule has 1 aromatic carbocycles. The largest absolute Gasteiger partial charge is 0.330 e. The lowest BCUT2D eigenvalue weighted by atomic mass is 10.0. The zero-order valence-electron chi connectivity index (χ0n) is 9.55. The lowest BCUT2D eigenvalue weighted by Crippen LogP contribution is -2.05. The van der Waals surface area contributed by atoms with Crippen LogP contribution in [-0.4, -0.2) is 6.54 Å². The van der Waals surface area contributed by atoms with Gasteiger partial charge in [0.2, 0.25) is 0 Å². The minimum absolute atomic E-state index is 0.313. The van der Waals surface area contributed by atoms with E-state index >= 15 is 0 Å². The highest BCUT2D eigenvalue weighted by molar-refractivity contribution is 6.31. The molecule has 2 heteroatoms. The van der Waals surface area contributed by atoms with Crippen molar-refractivity contribution in [1.82, 2.24) is 0 Å². The second-order valence-electron chi connectivity index (χ2n) is 5.17. The van der Waals surface area contributed by atoms with Gasteiger partial charge >= 0.3 is 0 Å². The van der Waals surface area contributed by atoms with Crippen LogP contribution >= 0.6 is 11.6 Å². The summed E-state index contributed by atoms with van der Waals surface area (Å²) in [5.41, 5.74) is 8.57. The first-order valence-electron chi connectivity index (χ1n) is 5.44. The maximum Gasteiger partial charge on any atom is 0.0443 e. The van der Waals surface area contributed by atoms with Gasteiger partial charge in [0.15, 0.2) is 0 Å². The molecule has 0 bridgehead atoms. The van der Waals surface area contributed by atoms with Crippen molar-refractivity contribution in [1.29, 1.82) is 0 Å². The summed E-state index contributed by atoms with van der Waals surface area (Å²) in [6, 6.07) is 6.32. The van der Waals surface area contributed by atoms with Crippen molar-refractivity contribution in [3.8, 4) is 0 Å². The highest BCUT2D eigenvalue weighted by Crippen LogP contribution is 2.64. The van der Waals surface area contributed by atoms with Gasteiger partial charge in [0, 0.05) is 5.02 Å². The highest BCUT2D eigenvalue weighted by atomic mass is 35.5. The Bertz CT molecular complexity index is 384. The van der Waals surface area contributed by atoms with Crippen molar-refractivity contribution in [2.24, 2.45) is 17.1 Å². The molecule has 82 valence electrons. The molecule has 1 saturated carbocycles. The monoisotopic (exact) mass is 223 g/mol. The van der Waals surface area contributed by atoms with Crippen molar-refractivity contribution < 1.29 is 0 Å². The van der Waals surface area contributed by atoms with Crippen LogP contribution in [0.15, 0.2) is 18.2 Å². The first-order chi connectivity index (χ1) is 6.98. The van der Waals surface area contributed by atoms with Gasteiger partial charge in [-0.05, 0) is 47.9 Å². The summed E-state index contributed by atoms with van der Waals surface area (Å²) < 4.78 is 0. The molecule has 2 N–H and O–H groups in total. The molecule has 0 spiro atoms. The van der Waals surface area contributed by atoms with Gasteiger partial charge in [0.05, 0.1) is 0 Å². The van der Waals surface area contributed by atoms with Crippen LogP contribution < -0.4 is 5.73 Å². The van der Waals surface area contributed by atoms with Gasteiger partial charge in [-0.25, -0.2) is 0 Å². The van der Waals surface area contributed by atoms with E-state index in [1.807, 2.05) is 6.07 Å². The third-order valence-corrected chi connectivity index (χ3v) is 4.12. The SMILES string of the molecule is Cc1ccc(C2C(CN)C2(C)C)c(Cl)c1. The number of benzene rings is 1. The number of halogens is 1. The topological polar surface area (TPSA) is 26.0 Å². The predicted octanol–water partition coefficient (Wildman–Crippen LogP) is 3.35. The molecular weight excluding hydrogens is 206 g/mol. The highest BCUT2D eigenvalue weighted by Gasteiger charge is 2.57. The maximum absolute atomic E-state index is 6.27. The Morgan fingerprint density at radius 1 is 1.40 bits per heavy atom. The van der Waals surface area contributed by atoms with Gasteiger partial charge in [-0.1, -0.05) is 37.6 Å². The predicted molar refractivity (Wildman–Crippen MR) is 65.3 cm³/mol. The summed E-state index contributed by atoms with van der Waals surface area (Å²) in [5.74, 6) is 1.12. The lowest BCUT2D eigenvalue weighted by molar-refractivity contribution is 0.558. The van der Waals surface area contributed by atoms with Crippen LogP contribution in [0.4, 0.5) is 0 Å². The van der Waals surface area contributed by atoms with E-state index in [1.54, 1.807) is 0 Å². The van der Waals surface area contributed by atoms with Gasteiger partial charge in [0.25, 0.3) is 0 Å². The van der Waals surface area contributed by atoms with E-state index in [1.165, 1.54) is 11.1 Å². The second-order valence-corrected chi connectivity index (χ2v) is 5.57. The third kappa shape index (κ3) is 1.68. The number of hydrogen-bond acceptors (Lipinski definition) is 1. The number of rotatable bonds is 2. The van der Waals surface area contributed by atoms with Crippen molar-refractivity contribution in [3.05, 3.63) is 34.3 Å². The van der Waals surface area contributed by atoms with Gasteiger partial charge in [-0.2, -0.15) is 0 Å². The van der Waals surface area contributed by atoms with Crippen LogP contribution in [-0.2, 0) is 0 Å². The molecule has 0 saturated heterocycles. The van der Waals surface area contributed by atoms with E-state index < -0.39 is 0 Å². The normalized spacial score (nSPS) is 27.8. The fraction of sp³-hybridized carbons (Fsp3) is 0.538. The van der Waals surface area contributed by atoms with E-state index in [0.717, 1.165) is 11.6 Å². The van der Waals surface area contributed by atoms with Crippen molar-refractivity contribution >= 4 is 11.6 Å². The molecule has 2 atom stereocenters. The van der Waals surface area contributed by atoms with E-state index in [2.05, 4.69) is 32.9 Å². The van der Waals surface area contributed by atoms with Gasteiger partial charge in [-0.3, -0.25) is 0 Å². The van der Waals surface area contributed by atoms with Crippen LogP contribution in [0.3, 0.4) is 0 Å². The molecule has 0 amide bonds. The molecule has 1 nitrogen and oxygen atoms in total. The molecule has 2 rings (SSSR count). The van der Waals surface area contributed by atoms with Gasteiger partial charge in [0.1, 0.15) is 0 Å². The summed E-state index contributed by atoms with van der Waals surface area (Å²) in [6.07, 6.45) is 0. The number of aryl methyl sites for hydroxylation is 1. The number of hydrogen-bond donors (Lipinski definition) is 1. The molecule has 1 aliphatic carbocycles. The smallest absolute Gasteiger partial charge is 0.0443 e. The average molecular weight is 224 g/mol. The molecule has 1 aliphatic rings. The van der Waals surface area contributed by atoms with Crippen LogP contribution in [0.25, 0.3) is 0 Å². The minimum Gasteiger partial charge on any atom is -0.330 e. The fourth-order valence-electron chi connectivity index (χ4n) is 2.69. The molecule has 1 fully saturated rings. The summed E-state index contributed by atoms with van der Waals surface area (Å²) in [5, 5.41) is 0.893. The number of nitrogens with two attached hydrogens (primary N) is 1. The van der Waals surface area contributed by atoms with E-state index in [0.29, 0.717) is 17.3 Å². The first kappa shape index (κ1) is 11.0. The van der Waals surface area contributed by atoms with Gasteiger partial charge < -0.3 is 5.73 Å². The Morgan fingerprint density at radius 3 is 2.53 bits per heavy atom. The zero-order chi connectivity index (χ0) is 11.2. The molecule has 0 aliphatic heterocycles. The van der Waals surface area contributed by atoms with Crippen LogP contribution in [0, 0.1) is 18.3 Å². The zero-order valence-corrected chi connectivity index (χ0v) is 10.3. The van der Waals surface area contributed by atoms with Crippen molar-refractivity contribution in [2.75, 3.05) is 6.54 Å². The maximum atomic E-state index is 6.27. The minimum atomic E-state index is 0.313. The summed E-state index contributed by atoms with van der Waals surface area (Å²) in [7, 11) is 0. The molecule has 15 heavy (non-hydrogen) atoms. The second kappa shape index (κ2) is 3.50. The van der Waals surface area contributed by atoms with Crippen molar-refractivity contribution in [3.63, 3.8) is 0 Å². The van der Waals surface area contributed by atoms with Gasteiger partial charge in [-0.15, -0.1) is 0 Å². The van der Waals surface area contributed by atoms with E-state index in [-0.39, 0.29) is 0 Å². The third-order valence-electron chi connectivity index (χ3n) is 3.80. The molecule has 2 unspecified atom stereocenters. The molecule has 0 radical (unpaired) electrons. The van der Waals surface area contributed by atoms with Crippen molar-refractivity contribution in [2.45, 2.75) is 26.7 Å². The Labute approximate surface area is 96.6 Å². The molecular formula is C13H18ClN. The molecule has 1 aromatic rings. The van der Waals surface area contributed by atoms with E-state index in [9.17, 15) is 0 Å². The fourth-order valence-corrected chi connectivity index (χ4v) is 3.04. The Balaban J connectivity index is 2.33. The van der Waals surface area contributed by atoms with E-state index in [4.69, 9.17) is 17.3 Å². The summed E-state index contributed by atoms with van der Waals surface area (Å²) >= 11 is 6.27. The lowest BCUT2D eigenvalue weighted by Gasteiger charge is -2.06. The quantitative estimate of drug-likeness (QED) is 0.818. The Morgan fingerprint density at radius 2 is 2.07 bits per heavy atom. The Hall–Kier alpha value is -0.530. The first-order valence-corrected chi connectivity index (χ1v) is 5.82. The van der Waals surface area contributed by atoms with Crippen LogP contribution in [0.5, 0.6) is 0 Å². The standard InChI is InChI=1S/C13H18ClN/c1-8-4-5-9(11(14)6-8)12-10(7-15)13(12,2)3/h4-6,10,12H,7,15H2,1-3H3. The molecule has 0 aromatic heterocycles. The average Bonchev–Trinajstić information content (AvgIpc) is 2.68. The van der Waals surface area contributed by atoms with Crippen LogP contribution in [0.2, 0.25) is 5.02 Å². The summed E-state index contributed by atoms with van der Waals surface area (Å²) in [4.78, 5) is 0. The van der Waals surface area contributed by atoms with Crippen LogP contribution in [0.1, 0.15) is 30.9 Å². The summed E-state index contributed by atoms with van der Waals surface area (Å²) in [6.45, 7) is 7.35. The molecule has 0 heterocycles. The Kier molecular flexibility index (Phi) is 2.56.